The molecular formula is C18H19N5O2. The number of pyridine rings is 1. The molecule has 7 nitrogen and oxygen atoms in total. The van der Waals surface area contributed by atoms with Crippen molar-refractivity contribution in [3.8, 4) is 0 Å². The molecule has 1 fully saturated rings. The Balaban J connectivity index is 1.51. The number of rotatable bonds is 2. The normalized spacial score (nSPS) is 15.7. The van der Waals surface area contributed by atoms with Crippen LogP contribution in [-0.4, -0.2) is 43.8 Å². The summed E-state index contributed by atoms with van der Waals surface area (Å²) in [6.07, 6.45) is 5.03. The number of oxazole rings is 1. The van der Waals surface area contributed by atoms with Crippen LogP contribution < -0.4 is 0 Å². The molecule has 0 spiro atoms. The third-order valence-electron chi connectivity index (χ3n) is 4.71. The Morgan fingerprint density at radius 3 is 2.72 bits per heavy atom. The zero-order valence-electron chi connectivity index (χ0n) is 14.3. The van der Waals surface area contributed by atoms with Crippen LogP contribution in [-0.2, 0) is 0 Å². The number of piperidine rings is 1. The highest BCUT2D eigenvalue weighted by Gasteiger charge is 2.29. The van der Waals surface area contributed by atoms with Crippen LogP contribution in [0, 0.1) is 13.8 Å². The first-order chi connectivity index (χ1) is 12.1. The van der Waals surface area contributed by atoms with E-state index in [1.54, 1.807) is 26.4 Å². The van der Waals surface area contributed by atoms with E-state index in [4.69, 9.17) is 4.42 Å². The number of hydrogen-bond donors (Lipinski definition) is 0. The molecule has 3 aromatic rings. The van der Waals surface area contributed by atoms with Gasteiger partial charge in [0.1, 0.15) is 6.33 Å². The Bertz CT molecular complexity index is 923. The van der Waals surface area contributed by atoms with Crippen molar-refractivity contribution in [2.75, 3.05) is 13.1 Å². The quantitative estimate of drug-likeness (QED) is 0.715. The van der Waals surface area contributed by atoms with Crippen molar-refractivity contribution in [2.45, 2.75) is 32.6 Å². The standard InChI is InChI=1S/C18H19N5O2/c1-11-16(25-12(2)22-11)18(24)23-8-5-13(6-9-23)15-14-4-3-7-19-17(14)21-10-20-15/h3-4,7,10,13H,5-6,8-9H2,1-2H3. The number of fused-ring (bicyclic) bond motifs is 1. The van der Waals surface area contributed by atoms with Crippen LogP contribution in [0.3, 0.4) is 0 Å². The van der Waals surface area contributed by atoms with Crippen molar-refractivity contribution in [3.05, 3.63) is 47.7 Å². The Hall–Kier alpha value is -2.83. The SMILES string of the molecule is Cc1nc(C)c(C(=O)N2CCC(c3ncnc4ncccc34)CC2)o1. The van der Waals surface area contributed by atoms with Crippen molar-refractivity contribution in [1.82, 2.24) is 24.8 Å². The van der Waals surface area contributed by atoms with E-state index in [2.05, 4.69) is 19.9 Å². The number of nitrogens with zero attached hydrogens (tertiary/aromatic N) is 5. The van der Waals surface area contributed by atoms with Crippen LogP contribution in [0.2, 0.25) is 0 Å². The van der Waals surface area contributed by atoms with Crippen molar-refractivity contribution < 1.29 is 9.21 Å². The Labute approximate surface area is 145 Å². The van der Waals surface area contributed by atoms with Gasteiger partial charge in [-0.05, 0) is 31.9 Å². The zero-order valence-corrected chi connectivity index (χ0v) is 14.3. The number of carbonyl (C=O) groups is 1. The summed E-state index contributed by atoms with van der Waals surface area (Å²) in [6, 6.07) is 3.92. The predicted molar refractivity (Wildman–Crippen MR) is 91.2 cm³/mol. The summed E-state index contributed by atoms with van der Waals surface area (Å²) < 4.78 is 5.47. The fraction of sp³-hybridized carbons (Fsp3) is 0.389. The highest BCUT2D eigenvalue weighted by atomic mass is 16.4. The van der Waals surface area contributed by atoms with Crippen LogP contribution in [0.1, 0.15) is 46.6 Å². The first-order valence-electron chi connectivity index (χ1n) is 8.42. The number of hydrogen-bond acceptors (Lipinski definition) is 6. The molecule has 25 heavy (non-hydrogen) atoms. The van der Waals surface area contributed by atoms with Gasteiger partial charge in [0.05, 0.1) is 11.4 Å². The zero-order chi connectivity index (χ0) is 17.4. The summed E-state index contributed by atoms with van der Waals surface area (Å²) in [7, 11) is 0. The molecule has 0 radical (unpaired) electrons. The molecular weight excluding hydrogens is 318 g/mol. The lowest BCUT2D eigenvalue weighted by atomic mass is 9.91. The molecule has 0 atom stereocenters. The number of likely N-dealkylation sites (tertiary alicyclic amines) is 1. The van der Waals surface area contributed by atoms with E-state index >= 15 is 0 Å². The Kier molecular flexibility index (Phi) is 3.91. The number of aryl methyl sites for hydroxylation is 2. The molecule has 128 valence electrons. The van der Waals surface area contributed by atoms with Gasteiger partial charge in [-0.1, -0.05) is 0 Å². The van der Waals surface area contributed by atoms with E-state index in [0.29, 0.717) is 36.4 Å². The maximum atomic E-state index is 12.6. The highest BCUT2D eigenvalue weighted by molar-refractivity contribution is 5.92. The summed E-state index contributed by atoms with van der Waals surface area (Å²) in [5.41, 5.74) is 2.40. The lowest BCUT2D eigenvalue weighted by Gasteiger charge is -2.31. The summed E-state index contributed by atoms with van der Waals surface area (Å²) >= 11 is 0. The minimum Gasteiger partial charge on any atom is -0.436 e. The molecule has 0 aromatic carbocycles. The van der Waals surface area contributed by atoms with Gasteiger partial charge in [0.15, 0.2) is 11.5 Å². The van der Waals surface area contributed by atoms with Crippen LogP contribution in [0.25, 0.3) is 11.0 Å². The lowest BCUT2D eigenvalue weighted by molar-refractivity contribution is 0.0678. The van der Waals surface area contributed by atoms with Gasteiger partial charge in [-0.3, -0.25) is 4.79 Å². The monoisotopic (exact) mass is 337 g/mol. The van der Waals surface area contributed by atoms with Crippen LogP contribution in [0.15, 0.2) is 29.1 Å². The second-order valence-corrected chi connectivity index (χ2v) is 6.35. The smallest absolute Gasteiger partial charge is 0.291 e. The van der Waals surface area contributed by atoms with Gasteiger partial charge in [0, 0.05) is 37.5 Å². The van der Waals surface area contributed by atoms with Gasteiger partial charge >= 0.3 is 0 Å². The first-order valence-corrected chi connectivity index (χ1v) is 8.42. The molecule has 4 rings (SSSR count). The molecule has 4 heterocycles. The van der Waals surface area contributed by atoms with E-state index in [-0.39, 0.29) is 5.91 Å². The largest absolute Gasteiger partial charge is 0.436 e. The molecule has 1 amide bonds. The predicted octanol–water partition coefficient (Wildman–Crippen LogP) is 2.65. The molecule has 1 saturated heterocycles. The second-order valence-electron chi connectivity index (χ2n) is 6.35. The van der Waals surface area contributed by atoms with E-state index in [1.807, 2.05) is 17.0 Å². The summed E-state index contributed by atoms with van der Waals surface area (Å²) in [6.45, 7) is 4.91. The maximum Gasteiger partial charge on any atom is 0.291 e. The maximum absolute atomic E-state index is 12.6. The van der Waals surface area contributed by atoms with Crippen molar-refractivity contribution in [2.24, 2.45) is 0 Å². The third kappa shape index (κ3) is 2.86. The van der Waals surface area contributed by atoms with Gasteiger partial charge in [0.2, 0.25) is 5.76 Å². The minimum absolute atomic E-state index is 0.0780. The summed E-state index contributed by atoms with van der Waals surface area (Å²) in [5.74, 6) is 1.10. The van der Waals surface area contributed by atoms with E-state index in [1.165, 1.54) is 0 Å². The lowest BCUT2D eigenvalue weighted by Crippen LogP contribution is -2.38. The fourth-order valence-electron chi connectivity index (χ4n) is 3.47. The first kappa shape index (κ1) is 15.7. The van der Waals surface area contributed by atoms with Gasteiger partial charge in [0.25, 0.3) is 5.91 Å². The molecule has 1 aliphatic heterocycles. The van der Waals surface area contributed by atoms with Gasteiger partial charge < -0.3 is 9.32 Å². The Morgan fingerprint density at radius 1 is 1.20 bits per heavy atom. The summed E-state index contributed by atoms with van der Waals surface area (Å²) in [4.78, 5) is 31.7. The van der Waals surface area contributed by atoms with Crippen LogP contribution in [0.4, 0.5) is 0 Å². The average Bonchev–Trinajstić information content (AvgIpc) is 2.99. The average molecular weight is 337 g/mol. The van der Waals surface area contributed by atoms with Gasteiger partial charge in [-0.2, -0.15) is 0 Å². The number of carbonyl (C=O) groups excluding carboxylic acids is 1. The molecule has 0 saturated carbocycles. The molecule has 0 aliphatic carbocycles. The van der Waals surface area contributed by atoms with E-state index < -0.39 is 0 Å². The number of aromatic nitrogens is 4. The van der Waals surface area contributed by atoms with Crippen molar-refractivity contribution in [1.29, 1.82) is 0 Å². The molecule has 0 unspecified atom stereocenters. The van der Waals surface area contributed by atoms with Crippen LogP contribution in [0.5, 0.6) is 0 Å². The van der Waals surface area contributed by atoms with Gasteiger partial charge in [-0.25, -0.2) is 19.9 Å². The molecule has 3 aromatic heterocycles. The second kappa shape index (κ2) is 6.23. The highest BCUT2D eigenvalue weighted by Crippen LogP contribution is 2.31. The van der Waals surface area contributed by atoms with Crippen LogP contribution >= 0.6 is 0 Å². The molecule has 1 aliphatic rings. The topological polar surface area (TPSA) is 85.0 Å². The molecule has 7 heteroatoms. The van der Waals surface area contributed by atoms with Gasteiger partial charge in [-0.15, -0.1) is 0 Å². The fourth-order valence-corrected chi connectivity index (χ4v) is 3.47. The van der Waals surface area contributed by atoms with E-state index in [9.17, 15) is 4.79 Å². The van der Waals surface area contributed by atoms with E-state index in [0.717, 1.165) is 29.6 Å². The molecule has 0 bridgehead atoms. The number of amides is 1. The summed E-state index contributed by atoms with van der Waals surface area (Å²) in [5, 5.41) is 0.997. The van der Waals surface area contributed by atoms with Crippen molar-refractivity contribution in [3.63, 3.8) is 0 Å². The Morgan fingerprint density at radius 2 is 2.00 bits per heavy atom. The third-order valence-corrected chi connectivity index (χ3v) is 4.71. The van der Waals surface area contributed by atoms with Crippen molar-refractivity contribution >= 4 is 16.9 Å². The minimum atomic E-state index is -0.0780. The molecule has 0 N–H and O–H groups in total.